The van der Waals surface area contributed by atoms with Crippen LogP contribution in [0.4, 0.5) is 0 Å². The second-order valence-corrected chi connectivity index (χ2v) is 14.1. The van der Waals surface area contributed by atoms with Gasteiger partial charge in [-0.05, 0) is 105 Å². The molecule has 3 aromatic carbocycles. The van der Waals surface area contributed by atoms with Gasteiger partial charge in [-0.25, -0.2) is 9.67 Å². The highest BCUT2D eigenvalue weighted by atomic mass is 16.5. The third kappa shape index (κ3) is 5.56. The first-order chi connectivity index (χ1) is 22.6. The lowest BCUT2D eigenvalue weighted by molar-refractivity contribution is 0.447. The molecule has 0 aliphatic heterocycles. The van der Waals surface area contributed by atoms with Crippen LogP contribution >= 0.6 is 0 Å². The van der Waals surface area contributed by atoms with E-state index < -0.39 is 0 Å². The lowest BCUT2D eigenvalue weighted by Gasteiger charge is -2.29. The first kappa shape index (κ1) is 31.0. The molecule has 1 unspecified atom stereocenters. The van der Waals surface area contributed by atoms with Crippen LogP contribution in [0, 0.1) is 19.8 Å². The lowest BCUT2D eigenvalue weighted by atomic mass is 9.75. The Morgan fingerprint density at radius 3 is 2.32 bits per heavy atom. The molecule has 5 heteroatoms. The van der Waals surface area contributed by atoms with Crippen molar-refractivity contribution >= 4 is 21.8 Å². The van der Waals surface area contributed by atoms with Gasteiger partial charge in [-0.1, -0.05) is 64.5 Å². The van der Waals surface area contributed by atoms with Gasteiger partial charge < -0.3 is 4.74 Å². The molecular weight excluding hydrogens is 576 g/mol. The number of pyridine rings is 1. The summed E-state index contributed by atoms with van der Waals surface area (Å²) in [5, 5.41) is 7.51. The molecule has 5 nitrogen and oxygen atoms in total. The van der Waals surface area contributed by atoms with Gasteiger partial charge in [-0.15, -0.1) is 0 Å². The van der Waals surface area contributed by atoms with Gasteiger partial charge in [0.2, 0.25) is 0 Å². The van der Waals surface area contributed by atoms with E-state index in [0.29, 0.717) is 23.7 Å². The van der Waals surface area contributed by atoms with E-state index in [1.807, 2.05) is 6.20 Å². The van der Waals surface area contributed by atoms with Gasteiger partial charge in [0.05, 0.1) is 22.4 Å². The first-order valence-electron chi connectivity index (χ1n) is 17.2. The van der Waals surface area contributed by atoms with Crippen LogP contribution in [-0.2, 0) is 0 Å². The van der Waals surface area contributed by atoms with Crippen molar-refractivity contribution < 1.29 is 4.74 Å². The fourth-order valence-corrected chi connectivity index (χ4v) is 7.62. The van der Waals surface area contributed by atoms with E-state index in [0.717, 1.165) is 39.7 Å². The van der Waals surface area contributed by atoms with Crippen LogP contribution in [0.2, 0.25) is 0 Å². The Balaban J connectivity index is 1.32. The van der Waals surface area contributed by atoms with Gasteiger partial charge in [0, 0.05) is 46.3 Å². The fraction of sp³-hybridized carbons (Fsp3) is 0.333. The Labute approximate surface area is 278 Å². The minimum Gasteiger partial charge on any atom is -0.457 e. The van der Waals surface area contributed by atoms with Crippen LogP contribution in [0.5, 0.6) is 11.5 Å². The number of aromatic nitrogens is 4. The minimum absolute atomic E-state index is 0.335. The van der Waals surface area contributed by atoms with Crippen molar-refractivity contribution in [3.8, 4) is 23.0 Å². The summed E-state index contributed by atoms with van der Waals surface area (Å²) in [5.74, 6) is 4.28. The molecular formula is C42H46N4O. The smallest absolute Gasteiger partial charge is 0.137 e. The highest BCUT2D eigenvalue weighted by Gasteiger charge is 2.29. The van der Waals surface area contributed by atoms with E-state index in [9.17, 15) is 0 Å². The topological polar surface area (TPSA) is 44.9 Å². The number of fused-ring (bicyclic) bond motifs is 3. The maximum absolute atomic E-state index is 6.73. The predicted molar refractivity (Wildman–Crippen MR) is 195 cm³/mol. The average Bonchev–Trinajstić information content (AvgIpc) is 3.53. The second-order valence-electron chi connectivity index (χ2n) is 14.1. The quantitative estimate of drug-likeness (QED) is 0.166. The summed E-state index contributed by atoms with van der Waals surface area (Å²) in [6.45, 7) is 18.0. The number of aryl methyl sites for hydroxylation is 1. The zero-order valence-corrected chi connectivity index (χ0v) is 29.0. The highest BCUT2D eigenvalue weighted by molar-refractivity contribution is 6.09. The number of hydrogen-bond acceptors (Lipinski definition) is 3. The van der Waals surface area contributed by atoms with Crippen molar-refractivity contribution in [2.45, 2.75) is 86.0 Å². The predicted octanol–water partition coefficient (Wildman–Crippen LogP) is 11.5. The van der Waals surface area contributed by atoms with E-state index in [1.165, 1.54) is 51.6 Å². The zero-order chi connectivity index (χ0) is 33.0. The number of nitrogens with zero attached hydrogens (tertiary/aromatic N) is 4. The normalized spacial score (nSPS) is 16.9. The molecule has 0 bridgehead atoms. The summed E-state index contributed by atoms with van der Waals surface area (Å²) in [6.07, 6.45) is 6.72. The molecule has 0 saturated carbocycles. The fourth-order valence-electron chi connectivity index (χ4n) is 7.62. The van der Waals surface area contributed by atoms with Crippen molar-refractivity contribution in [1.82, 2.24) is 19.3 Å². The van der Waals surface area contributed by atoms with E-state index in [1.54, 1.807) is 0 Å². The van der Waals surface area contributed by atoms with Gasteiger partial charge >= 0.3 is 0 Å². The molecule has 3 aromatic heterocycles. The molecule has 7 rings (SSSR count). The molecule has 2 atom stereocenters. The van der Waals surface area contributed by atoms with Gasteiger partial charge in [-0.3, -0.25) is 4.57 Å². The Kier molecular flexibility index (Phi) is 8.03. The molecule has 0 spiro atoms. The second kappa shape index (κ2) is 12.2. The van der Waals surface area contributed by atoms with Gasteiger partial charge in [0.25, 0.3) is 0 Å². The average molecular weight is 623 g/mol. The molecule has 0 saturated heterocycles. The monoisotopic (exact) mass is 622 g/mol. The first-order valence-corrected chi connectivity index (χ1v) is 17.2. The van der Waals surface area contributed by atoms with E-state index in [-0.39, 0.29) is 0 Å². The molecule has 3 heterocycles. The summed E-state index contributed by atoms with van der Waals surface area (Å²) in [7, 11) is 0. The van der Waals surface area contributed by atoms with Gasteiger partial charge in [0.15, 0.2) is 0 Å². The molecule has 0 fully saturated rings. The molecule has 1 aliphatic rings. The van der Waals surface area contributed by atoms with Gasteiger partial charge in [-0.2, -0.15) is 5.10 Å². The van der Waals surface area contributed by atoms with Crippen LogP contribution in [0.25, 0.3) is 33.3 Å². The lowest BCUT2D eigenvalue weighted by Crippen LogP contribution is -2.16. The Morgan fingerprint density at radius 1 is 0.787 bits per heavy atom. The maximum atomic E-state index is 6.73. The van der Waals surface area contributed by atoms with E-state index in [2.05, 4.69) is 144 Å². The molecule has 240 valence electrons. The van der Waals surface area contributed by atoms with Crippen LogP contribution in [0.15, 0.2) is 90.6 Å². The van der Waals surface area contributed by atoms with Gasteiger partial charge in [0.1, 0.15) is 17.3 Å². The van der Waals surface area contributed by atoms with Crippen molar-refractivity contribution in [2.75, 3.05) is 0 Å². The Hall–Kier alpha value is -4.64. The van der Waals surface area contributed by atoms with Crippen LogP contribution in [-0.4, -0.2) is 19.3 Å². The largest absolute Gasteiger partial charge is 0.457 e. The third-order valence-electron chi connectivity index (χ3n) is 10.2. The molecule has 0 radical (unpaired) electrons. The van der Waals surface area contributed by atoms with Crippen LogP contribution < -0.4 is 4.74 Å². The van der Waals surface area contributed by atoms with E-state index in [4.69, 9.17) is 14.8 Å². The number of allylic oxidation sites excluding steroid dienone is 2. The number of benzene rings is 3. The van der Waals surface area contributed by atoms with Crippen molar-refractivity contribution in [3.05, 3.63) is 119 Å². The number of ether oxygens (including phenoxy) is 1. The SMILES string of the molecule is CC1=CCCC(C)[C@H]1c1c(C)nn(-c2cc(Oc3ccc4c5ccccc5n(-c5cc(C(C)C)ccn5)c4c3)cc(C(C)C)c2)c1C. The standard InChI is InChI=1S/C42H46N4O/c1-25(2)31-18-19-43-40(22-31)45-38-15-10-9-14-36(38)37-17-16-34(24-39(37)45)47-35-21-32(26(3)4)20-33(23-35)46-30(8)42(29(7)44-46)41-27(5)12-11-13-28(41)6/h9-10,12,14-26,28,41H,11,13H2,1-8H3/t28?,41-/m0/s1. The maximum Gasteiger partial charge on any atom is 0.137 e. The summed E-state index contributed by atoms with van der Waals surface area (Å²) >= 11 is 0. The molecule has 1 aliphatic carbocycles. The summed E-state index contributed by atoms with van der Waals surface area (Å²) in [5.41, 5.74) is 10.9. The van der Waals surface area contributed by atoms with Crippen molar-refractivity contribution in [2.24, 2.45) is 5.92 Å². The minimum atomic E-state index is 0.335. The Bertz CT molecular complexity index is 2140. The zero-order valence-electron chi connectivity index (χ0n) is 29.0. The summed E-state index contributed by atoms with van der Waals surface area (Å²) in [6, 6.07) is 25.9. The molecule has 47 heavy (non-hydrogen) atoms. The van der Waals surface area contributed by atoms with Crippen LogP contribution in [0.3, 0.4) is 0 Å². The molecule has 0 N–H and O–H groups in total. The number of rotatable bonds is 7. The summed E-state index contributed by atoms with van der Waals surface area (Å²) in [4.78, 5) is 4.82. The van der Waals surface area contributed by atoms with Crippen molar-refractivity contribution in [1.29, 1.82) is 0 Å². The number of hydrogen-bond donors (Lipinski definition) is 0. The van der Waals surface area contributed by atoms with Crippen LogP contribution in [0.1, 0.15) is 100 Å². The Morgan fingerprint density at radius 2 is 1.55 bits per heavy atom. The number of para-hydroxylation sites is 1. The summed E-state index contributed by atoms with van der Waals surface area (Å²) < 4.78 is 11.1. The molecule has 6 aromatic rings. The molecule has 0 amide bonds. The highest BCUT2D eigenvalue weighted by Crippen LogP contribution is 2.42. The van der Waals surface area contributed by atoms with Crippen molar-refractivity contribution in [3.63, 3.8) is 0 Å². The van der Waals surface area contributed by atoms with E-state index >= 15 is 0 Å². The third-order valence-corrected chi connectivity index (χ3v) is 10.2.